The first kappa shape index (κ1) is 23.1. The standard InChI is InChI=1S/C23H17Cl2N7O2/c1-14(15-5-4-6-17(11-15)32-13-26-30-31-32)28-29-23(34)18-7-2-3-8-21(18)27-22(33)16-9-10-19(24)20(25)12-16/h2-13H,1H3,(H,27,33)(H,29,34)/b28-14+. The van der Waals surface area contributed by atoms with Crippen molar-refractivity contribution in [1.82, 2.24) is 25.6 Å². The molecule has 0 saturated carbocycles. The number of hydrogen-bond acceptors (Lipinski definition) is 6. The number of hydrazone groups is 1. The molecule has 0 radical (unpaired) electrons. The van der Waals surface area contributed by atoms with Crippen LogP contribution in [-0.4, -0.2) is 37.7 Å². The van der Waals surface area contributed by atoms with Crippen LogP contribution in [0, 0.1) is 0 Å². The first-order valence-corrected chi connectivity index (χ1v) is 10.7. The smallest absolute Gasteiger partial charge is 0.273 e. The second kappa shape index (κ2) is 10.2. The van der Waals surface area contributed by atoms with Gasteiger partial charge in [-0.2, -0.15) is 5.10 Å². The molecule has 2 amide bonds. The second-order valence-corrected chi connectivity index (χ2v) is 7.89. The van der Waals surface area contributed by atoms with Gasteiger partial charge in [-0.25, -0.2) is 10.1 Å². The normalized spacial score (nSPS) is 11.2. The van der Waals surface area contributed by atoms with Crippen molar-refractivity contribution < 1.29 is 9.59 Å². The lowest BCUT2D eigenvalue weighted by molar-refractivity contribution is 0.0955. The molecular formula is C23H17Cl2N7O2. The van der Waals surface area contributed by atoms with Crippen LogP contribution in [0.4, 0.5) is 5.69 Å². The number of para-hydroxylation sites is 1. The van der Waals surface area contributed by atoms with Gasteiger partial charge >= 0.3 is 0 Å². The van der Waals surface area contributed by atoms with E-state index >= 15 is 0 Å². The summed E-state index contributed by atoms with van der Waals surface area (Å²) < 4.78 is 1.52. The number of carbonyl (C=O) groups is 2. The molecule has 0 spiro atoms. The van der Waals surface area contributed by atoms with Crippen molar-refractivity contribution in [3.63, 3.8) is 0 Å². The third kappa shape index (κ3) is 5.28. The minimum atomic E-state index is -0.485. The van der Waals surface area contributed by atoms with Gasteiger partial charge in [-0.3, -0.25) is 9.59 Å². The topological polar surface area (TPSA) is 114 Å². The lowest BCUT2D eigenvalue weighted by atomic mass is 10.1. The maximum atomic E-state index is 12.8. The van der Waals surface area contributed by atoms with E-state index in [1.807, 2.05) is 24.3 Å². The third-order valence-electron chi connectivity index (χ3n) is 4.80. The summed E-state index contributed by atoms with van der Waals surface area (Å²) in [6.07, 6.45) is 1.48. The Morgan fingerprint density at radius 2 is 1.74 bits per heavy atom. The molecule has 0 saturated heterocycles. The summed E-state index contributed by atoms with van der Waals surface area (Å²) in [5.41, 5.74) is 5.50. The quantitative estimate of drug-likeness (QED) is 0.305. The molecule has 11 heteroatoms. The van der Waals surface area contributed by atoms with Gasteiger partial charge in [-0.05, 0) is 65.4 Å². The molecule has 0 fully saturated rings. The minimum Gasteiger partial charge on any atom is -0.321 e. The maximum Gasteiger partial charge on any atom is 0.273 e. The number of hydrogen-bond donors (Lipinski definition) is 2. The van der Waals surface area contributed by atoms with E-state index in [0.717, 1.165) is 11.3 Å². The van der Waals surface area contributed by atoms with Crippen LogP contribution in [-0.2, 0) is 0 Å². The van der Waals surface area contributed by atoms with Gasteiger partial charge in [-0.15, -0.1) is 5.10 Å². The highest BCUT2D eigenvalue weighted by molar-refractivity contribution is 6.42. The fourth-order valence-electron chi connectivity index (χ4n) is 3.03. The Hall–Kier alpha value is -4.08. The number of tetrazole rings is 1. The van der Waals surface area contributed by atoms with Crippen LogP contribution in [0.25, 0.3) is 5.69 Å². The molecule has 4 rings (SSSR count). The third-order valence-corrected chi connectivity index (χ3v) is 5.54. The second-order valence-electron chi connectivity index (χ2n) is 7.07. The van der Waals surface area contributed by atoms with Crippen molar-refractivity contribution in [2.24, 2.45) is 5.10 Å². The first-order chi connectivity index (χ1) is 16.4. The average Bonchev–Trinajstić information content (AvgIpc) is 3.39. The molecule has 34 heavy (non-hydrogen) atoms. The van der Waals surface area contributed by atoms with Crippen molar-refractivity contribution in [1.29, 1.82) is 0 Å². The highest BCUT2D eigenvalue weighted by Crippen LogP contribution is 2.24. The maximum absolute atomic E-state index is 12.8. The van der Waals surface area contributed by atoms with E-state index in [0.29, 0.717) is 22.0 Å². The fourth-order valence-corrected chi connectivity index (χ4v) is 3.33. The van der Waals surface area contributed by atoms with Crippen LogP contribution in [0.1, 0.15) is 33.2 Å². The van der Waals surface area contributed by atoms with Gasteiger partial charge in [0, 0.05) is 5.56 Å². The Balaban J connectivity index is 1.50. The van der Waals surface area contributed by atoms with E-state index < -0.39 is 11.8 Å². The van der Waals surface area contributed by atoms with E-state index in [1.54, 1.807) is 37.3 Å². The molecule has 0 atom stereocenters. The van der Waals surface area contributed by atoms with E-state index in [4.69, 9.17) is 23.2 Å². The van der Waals surface area contributed by atoms with Crippen molar-refractivity contribution in [2.45, 2.75) is 6.92 Å². The molecular weight excluding hydrogens is 477 g/mol. The zero-order valence-electron chi connectivity index (χ0n) is 17.7. The minimum absolute atomic E-state index is 0.245. The monoisotopic (exact) mass is 493 g/mol. The number of rotatable bonds is 6. The highest BCUT2D eigenvalue weighted by atomic mass is 35.5. The zero-order valence-corrected chi connectivity index (χ0v) is 19.2. The molecule has 2 N–H and O–H groups in total. The van der Waals surface area contributed by atoms with E-state index in [1.165, 1.54) is 23.1 Å². The van der Waals surface area contributed by atoms with Gasteiger partial charge in [0.05, 0.1) is 32.7 Å². The Labute approximate surface area is 204 Å². The van der Waals surface area contributed by atoms with Crippen molar-refractivity contribution in [2.75, 3.05) is 5.32 Å². The van der Waals surface area contributed by atoms with Gasteiger partial charge in [0.15, 0.2) is 0 Å². The molecule has 0 aliphatic carbocycles. The Morgan fingerprint density at radius 1 is 0.912 bits per heavy atom. The number of amides is 2. The van der Waals surface area contributed by atoms with Crippen molar-refractivity contribution >= 4 is 46.4 Å². The molecule has 1 heterocycles. The largest absolute Gasteiger partial charge is 0.321 e. The number of aromatic nitrogens is 4. The van der Waals surface area contributed by atoms with Crippen LogP contribution >= 0.6 is 23.2 Å². The number of carbonyl (C=O) groups excluding carboxylic acids is 2. The van der Waals surface area contributed by atoms with Crippen LogP contribution in [0.2, 0.25) is 10.0 Å². The Kier molecular flexibility index (Phi) is 6.95. The van der Waals surface area contributed by atoms with Crippen LogP contribution < -0.4 is 10.7 Å². The summed E-state index contributed by atoms with van der Waals surface area (Å²) in [7, 11) is 0. The first-order valence-electron chi connectivity index (χ1n) is 9.96. The molecule has 3 aromatic carbocycles. The predicted octanol–water partition coefficient (Wildman–Crippen LogP) is 4.38. The average molecular weight is 494 g/mol. The van der Waals surface area contributed by atoms with Crippen molar-refractivity contribution in [3.8, 4) is 5.69 Å². The molecule has 9 nitrogen and oxygen atoms in total. The van der Waals surface area contributed by atoms with Gasteiger partial charge in [-0.1, -0.05) is 47.5 Å². The van der Waals surface area contributed by atoms with Crippen LogP contribution in [0.5, 0.6) is 0 Å². The molecule has 1 aromatic heterocycles. The van der Waals surface area contributed by atoms with E-state index in [-0.39, 0.29) is 10.6 Å². The van der Waals surface area contributed by atoms with E-state index in [2.05, 4.69) is 31.4 Å². The molecule has 0 aliphatic heterocycles. The van der Waals surface area contributed by atoms with Gasteiger partial charge < -0.3 is 5.32 Å². The highest BCUT2D eigenvalue weighted by Gasteiger charge is 2.15. The lowest BCUT2D eigenvalue weighted by Gasteiger charge is -2.11. The number of nitrogens with one attached hydrogen (secondary N) is 2. The number of benzene rings is 3. The lowest BCUT2D eigenvalue weighted by Crippen LogP contribution is -2.22. The summed E-state index contributed by atoms with van der Waals surface area (Å²) in [6, 6.07) is 18.5. The van der Waals surface area contributed by atoms with E-state index in [9.17, 15) is 9.59 Å². The molecule has 0 aliphatic rings. The summed E-state index contributed by atoms with van der Waals surface area (Å²) in [5.74, 6) is -0.918. The molecule has 170 valence electrons. The van der Waals surface area contributed by atoms with Gasteiger partial charge in [0.2, 0.25) is 0 Å². The Bertz CT molecular complexity index is 1390. The van der Waals surface area contributed by atoms with Gasteiger partial charge in [0.1, 0.15) is 6.33 Å². The summed E-state index contributed by atoms with van der Waals surface area (Å²) >= 11 is 11.9. The SMILES string of the molecule is C/C(=N\NC(=O)c1ccccc1NC(=O)c1ccc(Cl)c(Cl)c1)c1cccc(-n2cnnn2)c1. The predicted molar refractivity (Wildman–Crippen MR) is 130 cm³/mol. The number of anilines is 1. The molecule has 0 unspecified atom stereocenters. The van der Waals surface area contributed by atoms with Crippen LogP contribution in [0.15, 0.2) is 78.2 Å². The number of nitrogens with zero attached hydrogens (tertiary/aromatic N) is 5. The summed E-state index contributed by atoms with van der Waals surface area (Å²) in [4.78, 5) is 25.5. The van der Waals surface area contributed by atoms with Crippen molar-refractivity contribution in [3.05, 3.63) is 99.8 Å². The molecule has 0 bridgehead atoms. The Morgan fingerprint density at radius 3 is 2.50 bits per heavy atom. The summed E-state index contributed by atoms with van der Waals surface area (Å²) in [6.45, 7) is 1.76. The summed E-state index contributed by atoms with van der Waals surface area (Å²) in [5, 5.41) is 18.6. The van der Waals surface area contributed by atoms with Crippen LogP contribution in [0.3, 0.4) is 0 Å². The zero-order chi connectivity index (χ0) is 24.1. The fraction of sp³-hybridized carbons (Fsp3) is 0.0435. The number of halogens is 2. The van der Waals surface area contributed by atoms with Gasteiger partial charge in [0.25, 0.3) is 11.8 Å². The molecule has 4 aromatic rings.